The fourth-order valence-corrected chi connectivity index (χ4v) is 0.902. The first-order valence-electron chi connectivity index (χ1n) is 3.84. The molecule has 0 fully saturated rings. The summed E-state index contributed by atoms with van der Waals surface area (Å²) in [4.78, 5) is 3.58. The smallest absolute Gasteiger partial charge is 0.255 e. The average Bonchev–Trinajstić information content (AvgIpc) is 2.05. The van der Waals surface area contributed by atoms with Crippen molar-refractivity contribution in [3.63, 3.8) is 0 Å². The van der Waals surface area contributed by atoms with Gasteiger partial charge in [-0.3, -0.25) is 0 Å². The van der Waals surface area contributed by atoms with Crippen molar-refractivity contribution in [1.29, 1.82) is 0 Å². The van der Waals surface area contributed by atoms with Crippen molar-refractivity contribution in [2.24, 2.45) is 0 Å². The minimum atomic E-state index is -0.554. The highest BCUT2D eigenvalue weighted by Gasteiger charge is 2.06. The maximum absolute atomic E-state index is 12.8. The van der Waals surface area contributed by atoms with Crippen molar-refractivity contribution in [3.8, 4) is 5.75 Å². The standard InChI is InChI=1S/C9H12FNO/c1-6(2)7-4-8(12-3)9(10)11-5-7/h4-6H,1-3H3. The van der Waals surface area contributed by atoms with Gasteiger partial charge in [0, 0.05) is 6.20 Å². The van der Waals surface area contributed by atoms with Gasteiger partial charge in [0.05, 0.1) is 7.11 Å². The lowest BCUT2D eigenvalue weighted by atomic mass is 10.1. The maximum atomic E-state index is 12.8. The molecule has 0 aliphatic heterocycles. The van der Waals surface area contributed by atoms with Gasteiger partial charge in [0.1, 0.15) is 0 Å². The van der Waals surface area contributed by atoms with E-state index in [0.717, 1.165) is 5.56 Å². The van der Waals surface area contributed by atoms with Gasteiger partial charge in [-0.15, -0.1) is 0 Å². The minimum absolute atomic E-state index is 0.209. The fraction of sp³-hybridized carbons (Fsp3) is 0.444. The van der Waals surface area contributed by atoms with Crippen molar-refractivity contribution in [3.05, 3.63) is 23.8 Å². The quantitative estimate of drug-likeness (QED) is 0.634. The maximum Gasteiger partial charge on any atom is 0.255 e. The van der Waals surface area contributed by atoms with E-state index >= 15 is 0 Å². The molecule has 0 spiro atoms. The van der Waals surface area contributed by atoms with E-state index in [0.29, 0.717) is 5.92 Å². The lowest BCUT2D eigenvalue weighted by Crippen LogP contribution is -1.95. The van der Waals surface area contributed by atoms with E-state index in [1.807, 2.05) is 13.8 Å². The van der Waals surface area contributed by atoms with E-state index in [2.05, 4.69) is 4.98 Å². The van der Waals surface area contributed by atoms with E-state index in [1.165, 1.54) is 13.3 Å². The molecular formula is C9H12FNO. The van der Waals surface area contributed by atoms with Crippen LogP contribution in [0.25, 0.3) is 0 Å². The molecule has 0 saturated carbocycles. The average molecular weight is 169 g/mol. The lowest BCUT2D eigenvalue weighted by molar-refractivity contribution is 0.376. The van der Waals surface area contributed by atoms with Crippen LogP contribution in [0.3, 0.4) is 0 Å². The normalized spacial score (nSPS) is 10.4. The zero-order valence-corrected chi connectivity index (χ0v) is 7.47. The Kier molecular flexibility index (Phi) is 2.63. The number of ether oxygens (including phenoxy) is 1. The highest BCUT2D eigenvalue weighted by atomic mass is 19.1. The van der Waals surface area contributed by atoms with Crippen molar-refractivity contribution in [1.82, 2.24) is 4.98 Å². The van der Waals surface area contributed by atoms with Crippen LogP contribution in [0.4, 0.5) is 4.39 Å². The third kappa shape index (κ3) is 1.72. The molecule has 0 atom stereocenters. The number of hydrogen-bond acceptors (Lipinski definition) is 2. The molecule has 0 aromatic carbocycles. The first-order valence-corrected chi connectivity index (χ1v) is 3.84. The monoisotopic (exact) mass is 169 g/mol. The molecule has 2 nitrogen and oxygen atoms in total. The molecule has 0 aliphatic rings. The molecule has 1 heterocycles. The van der Waals surface area contributed by atoms with Gasteiger partial charge in [-0.05, 0) is 17.5 Å². The van der Waals surface area contributed by atoms with Gasteiger partial charge in [0.15, 0.2) is 5.75 Å². The van der Waals surface area contributed by atoms with Crippen LogP contribution in [-0.2, 0) is 0 Å². The van der Waals surface area contributed by atoms with Crippen LogP contribution in [0, 0.1) is 5.95 Å². The molecule has 0 aliphatic carbocycles. The van der Waals surface area contributed by atoms with E-state index in [-0.39, 0.29) is 5.75 Å². The summed E-state index contributed by atoms with van der Waals surface area (Å²) in [6.45, 7) is 4.04. The number of pyridine rings is 1. The lowest BCUT2D eigenvalue weighted by Gasteiger charge is -2.06. The molecule has 0 N–H and O–H groups in total. The second-order valence-electron chi connectivity index (χ2n) is 2.92. The Hall–Kier alpha value is -1.12. The molecule has 0 unspecified atom stereocenters. The van der Waals surface area contributed by atoms with Gasteiger partial charge in [0.2, 0.25) is 0 Å². The van der Waals surface area contributed by atoms with E-state index in [4.69, 9.17) is 4.74 Å². The zero-order chi connectivity index (χ0) is 9.14. The number of nitrogens with zero attached hydrogens (tertiary/aromatic N) is 1. The van der Waals surface area contributed by atoms with Crippen molar-refractivity contribution in [2.45, 2.75) is 19.8 Å². The summed E-state index contributed by atoms with van der Waals surface area (Å²) in [5.41, 5.74) is 0.980. The zero-order valence-electron chi connectivity index (χ0n) is 7.47. The predicted octanol–water partition coefficient (Wildman–Crippen LogP) is 2.35. The number of aromatic nitrogens is 1. The third-order valence-corrected chi connectivity index (χ3v) is 1.71. The second-order valence-corrected chi connectivity index (χ2v) is 2.92. The Labute approximate surface area is 71.4 Å². The van der Waals surface area contributed by atoms with Crippen molar-refractivity contribution < 1.29 is 9.13 Å². The summed E-state index contributed by atoms with van der Waals surface area (Å²) in [5, 5.41) is 0. The summed E-state index contributed by atoms with van der Waals surface area (Å²) in [5.74, 6) is -0.00454. The molecule has 1 rings (SSSR count). The summed E-state index contributed by atoms with van der Waals surface area (Å²) in [6.07, 6.45) is 1.53. The Morgan fingerprint density at radius 2 is 2.17 bits per heavy atom. The first kappa shape index (κ1) is 8.97. The number of hydrogen-bond donors (Lipinski definition) is 0. The largest absolute Gasteiger partial charge is 0.492 e. The Morgan fingerprint density at radius 3 is 2.67 bits per heavy atom. The molecule has 3 heteroatoms. The molecule has 0 saturated heterocycles. The summed E-state index contributed by atoms with van der Waals surface area (Å²) >= 11 is 0. The number of methoxy groups -OCH3 is 1. The highest BCUT2D eigenvalue weighted by molar-refractivity contribution is 5.26. The number of halogens is 1. The molecule has 12 heavy (non-hydrogen) atoms. The Morgan fingerprint density at radius 1 is 1.50 bits per heavy atom. The fourth-order valence-electron chi connectivity index (χ4n) is 0.902. The van der Waals surface area contributed by atoms with E-state index in [9.17, 15) is 4.39 Å². The Balaban J connectivity index is 3.05. The molecule has 0 amide bonds. The first-order chi connectivity index (χ1) is 5.65. The van der Waals surface area contributed by atoms with Crippen LogP contribution < -0.4 is 4.74 Å². The summed E-state index contributed by atoms with van der Waals surface area (Å²) in [6, 6.07) is 1.67. The highest BCUT2D eigenvalue weighted by Crippen LogP contribution is 2.20. The topological polar surface area (TPSA) is 22.1 Å². The van der Waals surface area contributed by atoms with Crippen LogP contribution in [0.2, 0.25) is 0 Å². The number of rotatable bonds is 2. The second kappa shape index (κ2) is 3.52. The van der Waals surface area contributed by atoms with Crippen LogP contribution in [0.1, 0.15) is 25.3 Å². The van der Waals surface area contributed by atoms with Crippen LogP contribution in [0.5, 0.6) is 5.75 Å². The van der Waals surface area contributed by atoms with Crippen LogP contribution in [0.15, 0.2) is 12.3 Å². The van der Waals surface area contributed by atoms with Gasteiger partial charge in [-0.2, -0.15) is 4.39 Å². The van der Waals surface area contributed by atoms with Crippen LogP contribution in [-0.4, -0.2) is 12.1 Å². The van der Waals surface area contributed by atoms with Gasteiger partial charge in [-0.1, -0.05) is 13.8 Å². The molecule has 66 valence electrons. The predicted molar refractivity (Wildman–Crippen MR) is 44.8 cm³/mol. The van der Waals surface area contributed by atoms with Gasteiger partial charge in [-0.25, -0.2) is 4.98 Å². The minimum Gasteiger partial charge on any atom is -0.492 e. The van der Waals surface area contributed by atoms with Gasteiger partial charge < -0.3 is 4.74 Å². The SMILES string of the molecule is COc1cc(C(C)C)cnc1F. The van der Waals surface area contributed by atoms with Crippen molar-refractivity contribution in [2.75, 3.05) is 7.11 Å². The van der Waals surface area contributed by atoms with Gasteiger partial charge in [0.25, 0.3) is 5.95 Å². The van der Waals surface area contributed by atoms with Crippen molar-refractivity contribution >= 4 is 0 Å². The molecule has 0 bridgehead atoms. The summed E-state index contributed by atoms with van der Waals surface area (Å²) < 4.78 is 17.6. The van der Waals surface area contributed by atoms with E-state index in [1.54, 1.807) is 6.07 Å². The third-order valence-electron chi connectivity index (χ3n) is 1.71. The van der Waals surface area contributed by atoms with Gasteiger partial charge >= 0.3 is 0 Å². The molecular weight excluding hydrogens is 157 g/mol. The Bertz CT molecular complexity index is 273. The van der Waals surface area contributed by atoms with E-state index < -0.39 is 5.95 Å². The molecule has 1 aromatic heterocycles. The molecule has 1 aromatic rings. The molecule has 0 radical (unpaired) electrons. The summed E-state index contributed by atoms with van der Waals surface area (Å²) in [7, 11) is 1.43. The van der Waals surface area contributed by atoms with Crippen LogP contribution >= 0.6 is 0 Å².